The minimum Gasteiger partial charge on any atom is -0.447 e. The molecule has 2 aromatic rings. The number of benzene rings is 1. The predicted octanol–water partition coefficient (Wildman–Crippen LogP) is 3.19. The van der Waals surface area contributed by atoms with Gasteiger partial charge < -0.3 is 9.73 Å². The highest BCUT2D eigenvalue weighted by molar-refractivity contribution is 9.10. The van der Waals surface area contributed by atoms with E-state index in [0.29, 0.717) is 11.0 Å². The second-order valence-electron chi connectivity index (χ2n) is 2.95. The van der Waals surface area contributed by atoms with Gasteiger partial charge in [0.05, 0.1) is 12.7 Å². The molecule has 0 spiro atoms. The summed E-state index contributed by atoms with van der Waals surface area (Å²) >= 11 is 3.26. The molecule has 1 N–H and O–H groups in total. The Balaban J connectivity index is 2.05. The maximum Gasteiger partial charge on any atom is 0.180 e. The van der Waals surface area contributed by atoms with Crippen molar-refractivity contribution in [3.63, 3.8) is 0 Å². The lowest BCUT2D eigenvalue weighted by atomic mass is 10.3. The largest absolute Gasteiger partial charge is 0.447 e. The smallest absolute Gasteiger partial charge is 0.180 e. The molecule has 0 fully saturated rings. The van der Waals surface area contributed by atoms with E-state index in [4.69, 9.17) is 4.42 Å². The second kappa shape index (κ2) is 4.44. The third kappa shape index (κ3) is 2.56. The van der Waals surface area contributed by atoms with Gasteiger partial charge in [0.2, 0.25) is 0 Å². The average molecular weight is 271 g/mol. The highest BCUT2D eigenvalue weighted by atomic mass is 79.9. The minimum atomic E-state index is -0.271. The number of nitrogens with one attached hydrogen (secondary N) is 1. The van der Waals surface area contributed by atoms with Crippen LogP contribution in [0.25, 0.3) is 0 Å². The summed E-state index contributed by atoms with van der Waals surface area (Å²) in [5, 5.41) is 3.10. The molecule has 0 unspecified atom stereocenters. The first-order chi connectivity index (χ1) is 7.25. The summed E-state index contributed by atoms with van der Waals surface area (Å²) in [7, 11) is 0. The van der Waals surface area contributed by atoms with E-state index in [9.17, 15) is 4.39 Å². The quantitative estimate of drug-likeness (QED) is 0.931. The van der Waals surface area contributed by atoms with Crippen LogP contribution in [-0.2, 0) is 6.54 Å². The fourth-order valence-corrected chi connectivity index (χ4v) is 1.64. The SMILES string of the molecule is Fc1ccc(NCc2cnco2)c(Br)c1. The van der Waals surface area contributed by atoms with Crippen LogP contribution < -0.4 is 5.32 Å². The summed E-state index contributed by atoms with van der Waals surface area (Å²) < 4.78 is 18.5. The van der Waals surface area contributed by atoms with Crippen LogP contribution in [0.1, 0.15) is 5.76 Å². The molecule has 0 aliphatic heterocycles. The summed E-state index contributed by atoms with van der Waals surface area (Å²) in [5.74, 6) is 0.457. The molecule has 1 aromatic heterocycles. The number of hydrogen-bond donors (Lipinski definition) is 1. The summed E-state index contributed by atoms with van der Waals surface area (Å²) in [4.78, 5) is 3.79. The first kappa shape index (κ1) is 10.2. The Hall–Kier alpha value is -1.36. The molecule has 0 radical (unpaired) electrons. The normalized spacial score (nSPS) is 10.3. The minimum absolute atomic E-state index is 0.271. The number of aromatic nitrogens is 1. The molecule has 2 rings (SSSR count). The van der Waals surface area contributed by atoms with E-state index >= 15 is 0 Å². The van der Waals surface area contributed by atoms with Crippen LogP contribution in [0.2, 0.25) is 0 Å². The molecule has 5 heteroatoms. The number of anilines is 1. The van der Waals surface area contributed by atoms with E-state index in [-0.39, 0.29) is 5.82 Å². The van der Waals surface area contributed by atoms with Gasteiger partial charge in [-0.3, -0.25) is 0 Å². The van der Waals surface area contributed by atoms with E-state index in [2.05, 4.69) is 26.2 Å². The lowest BCUT2D eigenvalue weighted by Gasteiger charge is -2.06. The molecule has 78 valence electrons. The third-order valence-electron chi connectivity index (χ3n) is 1.87. The molecule has 0 saturated carbocycles. The van der Waals surface area contributed by atoms with Gasteiger partial charge in [-0.25, -0.2) is 9.37 Å². The van der Waals surface area contributed by atoms with Crippen molar-refractivity contribution in [3.05, 3.63) is 46.8 Å². The zero-order valence-electron chi connectivity index (χ0n) is 7.71. The van der Waals surface area contributed by atoms with Crippen molar-refractivity contribution >= 4 is 21.6 Å². The molecule has 1 aromatic carbocycles. The van der Waals surface area contributed by atoms with Gasteiger partial charge in [-0.2, -0.15) is 0 Å². The predicted molar refractivity (Wildman–Crippen MR) is 57.9 cm³/mol. The molecule has 0 bridgehead atoms. The van der Waals surface area contributed by atoms with Gasteiger partial charge in [0, 0.05) is 10.2 Å². The van der Waals surface area contributed by atoms with Crippen molar-refractivity contribution in [1.29, 1.82) is 0 Å². The van der Waals surface area contributed by atoms with Gasteiger partial charge in [-0.05, 0) is 34.1 Å². The van der Waals surface area contributed by atoms with Crippen LogP contribution in [-0.4, -0.2) is 4.98 Å². The van der Waals surface area contributed by atoms with Crippen LogP contribution in [0.5, 0.6) is 0 Å². The maximum absolute atomic E-state index is 12.8. The van der Waals surface area contributed by atoms with Gasteiger partial charge in [0.25, 0.3) is 0 Å². The highest BCUT2D eigenvalue weighted by Crippen LogP contribution is 2.23. The zero-order valence-corrected chi connectivity index (χ0v) is 9.29. The maximum atomic E-state index is 12.8. The molecule has 0 atom stereocenters. The topological polar surface area (TPSA) is 38.1 Å². The van der Waals surface area contributed by atoms with Crippen molar-refractivity contribution in [3.8, 4) is 0 Å². The number of nitrogens with zero attached hydrogens (tertiary/aromatic N) is 1. The summed E-state index contributed by atoms with van der Waals surface area (Å²) in [6.45, 7) is 0.518. The standard InChI is InChI=1S/C10H8BrFN2O/c11-9-3-7(12)1-2-10(9)14-5-8-4-13-6-15-8/h1-4,6,14H,5H2. The third-order valence-corrected chi connectivity index (χ3v) is 2.52. The molecular weight excluding hydrogens is 263 g/mol. The summed E-state index contributed by atoms with van der Waals surface area (Å²) in [5.41, 5.74) is 0.813. The fraction of sp³-hybridized carbons (Fsp3) is 0.100. The molecule has 0 amide bonds. The molecule has 15 heavy (non-hydrogen) atoms. The van der Waals surface area contributed by atoms with Crippen molar-refractivity contribution in [2.24, 2.45) is 0 Å². The van der Waals surface area contributed by atoms with Gasteiger partial charge >= 0.3 is 0 Å². The monoisotopic (exact) mass is 270 g/mol. The van der Waals surface area contributed by atoms with Gasteiger partial charge in [0.15, 0.2) is 6.39 Å². The Morgan fingerprint density at radius 3 is 3.00 bits per heavy atom. The van der Waals surface area contributed by atoms with E-state index in [0.717, 1.165) is 11.4 Å². The van der Waals surface area contributed by atoms with E-state index in [1.165, 1.54) is 18.5 Å². The number of rotatable bonds is 3. The molecule has 0 aliphatic carbocycles. The lowest BCUT2D eigenvalue weighted by Crippen LogP contribution is -1.98. The second-order valence-corrected chi connectivity index (χ2v) is 3.80. The van der Waals surface area contributed by atoms with Crippen LogP contribution in [0.15, 0.2) is 39.7 Å². The Kier molecular flexibility index (Phi) is 3.01. The van der Waals surface area contributed by atoms with Gasteiger partial charge in [-0.15, -0.1) is 0 Å². The lowest BCUT2D eigenvalue weighted by molar-refractivity contribution is 0.511. The number of halogens is 2. The Morgan fingerprint density at radius 2 is 2.33 bits per heavy atom. The first-order valence-corrected chi connectivity index (χ1v) is 5.11. The molecule has 0 aliphatic rings. The molecule has 0 saturated heterocycles. The Labute approximate surface area is 94.5 Å². The first-order valence-electron chi connectivity index (χ1n) is 4.32. The summed E-state index contributed by atoms with van der Waals surface area (Å²) in [6, 6.07) is 4.46. The van der Waals surface area contributed by atoms with Crippen LogP contribution >= 0.6 is 15.9 Å². The van der Waals surface area contributed by atoms with Gasteiger partial charge in [-0.1, -0.05) is 0 Å². The van der Waals surface area contributed by atoms with Gasteiger partial charge in [0.1, 0.15) is 11.6 Å². The molecule has 1 heterocycles. The average Bonchev–Trinajstić information content (AvgIpc) is 2.69. The van der Waals surface area contributed by atoms with Crippen molar-refractivity contribution in [2.45, 2.75) is 6.54 Å². The van der Waals surface area contributed by atoms with Crippen LogP contribution in [0, 0.1) is 5.82 Å². The Morgan fingerprint density at radius 1 is 1.47 bits per heavy atom. The van der Waals surface area contributed by atoms with Crippen molar-refractivity contribution < 1.29 is 8.81 Å². The zero-order chi connectivity index (χ0) is 10.7. The molecular formula is C10H8BrFN2O. The summed E-state index contributed by atoms with van der Waals surface area (Å²) in [6.07, 6.45) is 3.00. The van der Waals surface area contributed by atoms with E-state index < -0.39 is 0 Å². The van der Waals surface area contributed by atoms with Crippen molar-refractivity contribution in [2.75, 3.05) is 5.32 Å². The van der Waals surface area contributed by atoms with Crippen LogP contribution in [0.4, 0.5) is 10.1 Å². The van der Waals surface area contributed by atoms with E-state index in [1.54, 1.807) is 12.3 Å². The Bertz CT molecular complexity index is 445. The number of oxazole rings is 1. The molecule has 3 nitrogen and oxygen atoms in total. The number of hydrogen-bond acceptors (Lipinski definition) is 3. The highest BCUT2D eigenvalue weighted by Gasteiger charge is 2.02. The fourth-order valence-electron chi connectivity index (χ4n) is 1.14. The van der Waals surface area contributed by atoms with Crippen LogP contribution in [0.3, 0.4) is 0 Å². The van der Waals surface area contributed by atoms with Crippen molar-refractivity contribution in [1.82, 2.24) is 4.98 Å². The van der Waals surface area contributed by atoms with E-state index in [1.807, 2.05) is 0 Å².